The second-order valence-corrected chi connectivity index (χ2v) is 13.1. The molecule has 1 unspecified atom stereocenters. The van der Waals surface area contributed by atoms with Crippen LogP contribution in [0.4, 0.5) is 5.69 Å². The first-order valence-electron chi connectivity index (χ1n) is 9.70. The largest absolute Gasteiger partial charge is 0.322 e. The smallest absolute Gasteiger partial charge is 0.255 e. The molecule has 1 fully saturated rings. The van der Waals surface area contributed by atoms with Crippen molar-refractivity contribution in [3.8, 4) is 11.5 Å². The van der Waals surface area contributed by atoms with Crippen molar-refractivity contribution >= 4 is 31.5 Å². The summed E-state index contributed by atoms with van der Waals surface area (Å²) in [6.07, 6.45) is 2.25. The highest BCUT2D eigenvalue weighted by molar-refractivity contribution is 6.83. The Kier molecular flexibility index (Phi) is 4.91. The lowest BCUT2D eigenvalue weighted by Crippen LogP contribution is -2.52. The molecule has 2 aliphatic heterocycles. The number of carbonyl (C=O) groups is 3. The van der Waals surface area contributed by atoms with E-state index in [0.29, 0.717) is 23.4 Å². The molecule has 0 aliphatic carbocycles. The fraction of sp³-hybridized carbons (Fsp3) is 0.350. The average Bonchev–Trinajstić information content (AvgIpc) is 3.25. The second-order valence-electron chi connectivity index (χ2n) is 8.39. The molecule has 0 radical (unpaired) electrons. The van der Waals surface area contributed by atoms with E-state index in [1.54, 1.807) is 18.3 Å². The van der Waals surface area contributed by atoms with E-state index in [0.717, 1.165) is 5.56 Å². The highest BCUT2D eigenvalue weighted by Gasteiger charge is 2.39. The Morgan fingerprint density at radius 2 is 2.03 bits per heavy atom. The molecular weight excluding hydrogens is 400 g/mol. The van der Waals surface area contributed by atoms with Crippen molar-refractivity contribution in [2.45, 2.75) is 45.1 Å². The summed E-state index contributed by atoms with van der Waals surface area (Å²) in [7, 11) is -1.52. The minimum atomic E-state index is -1.52. The maximum Gasteiger partial charge on any atom is 0.255 e. The van der Waals surface area contributed by atoms with Crippen molar-refractivity contribution in [1.82, 2.24) is 25.3 Å². The van der Waals surface area contributed by atoms with Gasteiger partial charge in [0.25, 0.3) is 5.91 Å². The SMILES string of the molecule is C[Si](C)(C)C#Cc1cn(Nc2cccc3c2CN(C2CCC(=O)NC2=O)C3=O)nn1. The van der Waals surface area contributed by atoms with Crippen LogP contribution < -0.4 is 10.7 Å². The van der Waals surface area contributed by atoms with E-state index in [-0.39, 0.29) is 24.8 Å². The van der Waals surface area contributed by atoms with Gasteiger partial charge in [0.15, 0.2) is 5.69 Å². The number of aromatic nitrogens is 3. The zero-order chi connectivity index (χ0) is 21.5. The van der Waals surface area contributed by atoms with Gasteiger partial charge >= 0.3 is 0 Å². The minimum absolute atomic E-state index is 0.219. The number of rotatable bonds is 3. The number of nitrogens with zero attached hydrogens (tertiary/aromatic N) is 4. The third-order valence-electron chi connectivity index (χ3n) is 4.88. The molecule has 0 saturated carbocycles. The lowest BCUT2D eigenvalue weighted by molar-refractivity contribution is -0.136. The average molecular weight is 423 g/mol. The Hall–Kier alpha value is -3.45. The lowest BCUT2D eigenvalue weighted by Gasteiger charge is -2.29. The van der Waals surface area contributed by atoms with Crippen LogP contribution in [-0.2, 0) is 16.1 Å². The highest BCUT2D eigenvalue weighted by Crippen LogP contribution is 2.32. The molecular formula is C20H22N6O3Si. The van der Waals surface area contributed by atoms with Gasteiger partial charge in [-0.2, -0.15) is 4.79 Å². The Morgan fingerprint density at radius 3 is 2.77 bits per heavy atom. The maximum absolute atomic E-state index is 12.9. The number of piperidine rings is 1. The van der Waals surface area contributed by atoms with Crippen LogP contribution in [0.2, 0.25) is 19.6 Å². The highest BCUT2D eigenvalue weighted by atomic mass is 28.3. The number of carbonyl (C=O) groups excluding carboxylic acids is 3. The second kappa shape index (κ2) is 7.42. The molecule has 3 amide bonds. The molecule has 1 aromatic heterocycles. The molecule has 2 aliphatic rings. The van der Waals surface area contributed by atoms with Gasteiger partial charge in [-0.3, -0.25) is 25.1 Å². The summed E-state index contributed by atoms with van der Waals surface area (Å²) in [5, 5.41) is 10.4. The van der Waals surface area contributed by atoms with E-state index < -0.39 is 20.0 Å². The molecule has 30 heavy (non-hydrogen) atoms. The molecule has 0 spiro atoms. The molecule has 1 aromatic carbocycles. The number of fused-ring (bicyclic) bond motifs is 1. The van der Waals surface area contributed by atoms with E-state index in [4.69, 9.17) is 0 Å². The Labute approximate surface area is 174 Å². The van der Waals surface area contributed by atoms with Gasteiger partial charge in [-0.15, -0.1) is 10.6 Å². The number of anilines is 1. The monoisotopic (exact) mass is 422 g/mol. The van der Waals surface area contributed by atoms with Crippen molar-refractivity contribution in [3.63, 3.8) is 0 Å². The van der Waals surface area contributed by atoms with Crippen molar-refractivity contribution < 1.29 is 14.4 Å². The normalized spacial score (nSPS) is 18.6. The third-order valence-corrected chi connectivity index (χ3v) is 5.75. The summed E-state index contributed by atoms with van der Waals surface area (Å²) in [6.45, 7) is 6.74. The van der Waals surface area contributed by atoms with Gasteiger partial charge in [0, 0.05) is 24.1 Å². The van der Waals surface area contributed by atoms with Crippen molar-refractivity contribution in [2.75, 3.05) is 5.43 Å². The molecule has 154 valence electrons. The number of benzene rings is 1. The molecule has 1 atom stereocenters. The van der Waals surface area contributed by atoms with Crippen LogP contribution in [0.5, 0.6) is 0 Å². The van der Waals surface area contributed by atoms with E-state index in [1.807, 2.05) is 6.07 Å². The maximum atomic E-state index is 12.9. The standard InChI is InChI=1S/C20H22N6O3Si/c1-30(2,3)10-9-13-11-26(24-22-13)23-16-6-4-5-14-15(16)12-25(20(14)29)17-7-8-18(27)21-19(17)28/h4-6,11,17,23H,7-8,12H2,1-3H3,(H,21,27,28). The summed E-state index contributed by atoms with van der Waals surface area (Å²) in [5.41, 5.74) is 8.96. The summed E-state index contributed by atoms with van der Waals surface area (Å²) in [6, 6.07) is 4.71. The van der Waals surface area contributed by atoms with Gasteiger partial charge in [-0.05, 0) is 23.8 Å². The summed E-state index contributed by atoms with van der Waals surface area (Å²) >= 11 is 0. The first-order valence-corrected chi connectivity index (χ1v) is 13.2. The molecule has 9 nitrogen and oxygen atoms in total. The minimum Gasteiger partial charge on any atom is -0.322 e. The molecule has 10 heteroatoms. The van der Waals surface area contributed by atoms with Crippen LogP contribution in [0.25, 0.3) is 0 Å². The van der Waals surface area contributed by atoms with Gasteiger partial charge in [0.2, 0.25) is 11.8 Å². The zero-order valence-corrected chi connectivity index (χ0v) is 18.0. The van der Waals surface area contributed by atoms with Crippen molar-refractivity contribution in [3.05, 3.63) is 41.2 Å². The van der Waals surface area contributed by atoms with Crippen LogP contribution in [-0.4, -0.2) is 51.8 Å². The van der Waals surface area contributed by atoms with Crippen LogP contribution >= 0.6 is 0 Å². The van der Waals surface area contributed by atoms with Gasteiger partial charge < -0.3 is 4.90 Å². The van der Waals surface area contributed by atoms with Gasteiger partial charge in [0.1, 0.15) is 14.1 Å². The molecule has 2 N–H and O–H groups in total. The van der Waals surface area contributed by atoms with Crippen LogP contribution in [0.15, 0.2) is 24.4 Å². The van der Waals surface area contributed by atoms with Crippen LogP contribution in [0.1, 0.15) is 34.5 Å². The summed E-state index contributed by atoms with van der Waals surface area (Å²) in [4.78, 5) is 39.5. The fourth-order valence-electron chi connectivity index (χ4n) is 3.44. The Morgan fingerprint density at radius 1 is 1.23 bits per heavy atom. The van der Waals surface area contributed by atoms with Crippen molar-refractivity contribution in [1.29, 1.82) is 0 Å². The number of nitrogens with one attached hydrogen (secondary N) is 2. The number of hydrogen-bond donors (Lipinski definition) is 2. The zero-order valence-electron chi connectivity index (χ0n) is 17.0. The number of amides is 3. The Balaban J connectivity index is 1.55. The van der Waals surface area contributed by atoms with Crippen molar-refractivity contribution in [2.24, 2.45) is 0 Å². The number of hydrogen-bond acceptors (Lipinski definition) is 6. The summed E-state index contributed by atoms with van der Waals surface area (Å²) < 4.78 is 0. The van der Waals surface area contributed by atoms with Gasteiger partial charge in [-0.25, -0.2) is 0 Å². The third kappa shape index (κ3) is 3.97. The molecule has 1 saturated heterocycles. The molecule has 3 heterocycles. The first-order chi connectivity index (χ1) is 14.2. The molecule has 4 rings (SSSR count). The topological polar surface area (TPSA) is 109 Å². The molecule has 2 aromatic rings. The fourth-order valence-corrected chi connectivity index (χ4v) is 3.94. The summed E-state index contributed by atoms with van der Waals surface area (Å²) in [5.74, 6) is 2.10. The lowest BCUT2D eigenvalue weighted by atomic mass is 10.0. The van der Waals surface area contributed by atoms with Crippen LogP contribution in [0, 0.1) is 11.5 Å². The van der Waals surface area contributed by atoms with E-state index >= 15 is 0 Å². The number of imide groups is 1. The predicted octanol–water partition coefficient (Wildman–Crippen LogP) is 1.14. The molecule has 0 bridgehead atoms. The van der Waals surface area contributed by atoms with E-state index in [1.165, 1.54) is 9.69 Å². The van der Waals surface area contributed by atoms with Gasteiger partial charge in [0.05, 0.1) is 11.9 Å². The predicted molar refractivity (Wildman–Crippen MR) is 112 cm³/mol. The Bertz CT molecular complexity index is 1110. The quantitative estimate of drug-likeness (QED) is 0.436. The van der Waals surface area contributed by atoms with E-state index in [2.05, 4.69) is 52.2 Å². The van der Waals surface area contributed by atoms with Gasteiger partial charge in [-0.1, -0.05) is 31.6 Å². The first kappa shape index (κ1) is 19.8. The van der Waals surface area contributed by atoms with Crippen LogP contribution in [0.3, 0.4) is 0 Å². The van der Waals surface area contributed by atoms with E-state index in [9.17, 15) is 14.4 Å².